The molecule has 2 amide bonds. The van der Waals surface area contributed by atoms with Crippen LogP contribution in [0.1, 0.15) is 42.5 Å². The third kappa shape index (κ3) is 8.69. The van der Waals surface area contributed by atoms with Gasteiger partial charge >= 0.3 is 0 Å². The number of nitrogens with zero attached hydrogens (tertiary/aromatic N) is 2. The van der Waals surface area contributed by atoms with Crippen molar-refractivity contribution in [3.05, 3.63) is 129 Å². The van der Waals surface area contributed by atoms with Gasteiger partial charge in [-0.2, -0.15) is 0 Å². The van der Waals surface area contributed by atoms with Crippen LogP contribution in [0.5, 0.6) is 0 Å². The second-order valence-electron chi connectivity index (χ2n) is 11.4. The molecule has 0 aliphatic heterocycles. The van der Waals surface area contributed by atoms with Crippen molar-refractivity contribution < 1.29 is 18.0 Å². The van der Waals surface area contributed by atoms with Gasteiger partial charge in [0.1, 0.15) is 12.6 Å². The minimum atomic E-state index is -4.24. The summed E-state index contributed by atoms with van der Waals surface area (Å²) in [7, 11) is -4.24. The van der Waals surface area contributed by atoms with Gasteiger partial charge in [0.25, 0.3) is 10.0 Å². The van der Waals surface area contributed by atoms with Crippen molar-refractivity contribution in [3.63, 3.8) is 0 Å². The summed E-state index contributed by atoms with van der Waals surface area (Å²) in [6.07, 6.45) is 0.912. The van der Waals surface area contributed by atoms with Crippen molar-refractivity contribution >= 4 is 50.7 Å². The predicted molar refractivity (Wildman–Crippen MR) is 186 cm³/mol. The number of hydrogen-bond donors (Lipinski definition) is 1. The zero-order valence-corrected chi connectivity index (χ0v) is 28.7. The van der Waals surface area contributed by atoms with E-state index >= 15 is 0 Å². The SMILES string of the molecule is CC[C@@H](C)NC(=O)[C@H](Cc1ccccc1)N(Cc1ccccc1Cl)C(=O)CN(c1ccc(C)c(C)c1)S(=O)(=O)c1ccc(Cl)cc1. The highest BCUT2D eigenvalue weighted by Gasteiger charge is 2.35. The van der Waals surface area contributed by atoms with E-state index in [1.807, 2.05) is 70.2 Å². The van der Waals surface area contributed by atoms with Crippen molar-refractivity contribution in [2.24, 2.45) is 0 Å². The number of aryl methyl sites for hydroxylation is 2. The molecule has 4 aromatic rings. The minimum Gasteiger partial charge on any atom is -0.352 e. The highest BCUT2D eigenvalue weighted by atomic mass is 35.5. The number of rotatable bonds is 13. The zero-order valence-electron chi connectivity index (χ0n) is 26.4. The van der Waals surface area contributed by atoms with E-state index in [1.54, 1.807) is 30.3 Å². The molecule has 0 fully saturated rings. The third-order valence-corrected chi connectivity index (χ3v) is 10.4. The number of carbonyl (C=O) groups is 2. The van der Waals surface area contributed by atoms with Gasteiger partial charge in [0.05, 0.1) is 10.6 Å². The largest absolute Gasteiger partial charge is 0.352 e. The normalized spacial score (nSPS) is 12.7. The molecule has 4 aromatic carbocycles. The topological polar surface area (TPSA) is 86.8 Å². The molecule has 0 spiro atoms. The predicted octanol–water partition coefficient (Wildman–Crippen LogP) is 7.36. The Hall–Kier alpha value is -3.85. The number of benzene rings is 4. The summed E-state index contributed by atoms with van der Waals surface area (Å²) < 4.78 is 29.5. The number of hydrogen-bond acceptors (Lipinski definition) is 4. The number of halogens is 2. The van der Waals surface area contributed by atoms with Crippen LogP contribution >= 0.6 is 23.2 Å². The first kappa shape index (κ1) is 35.0. The molecular formula is C36H39Cl2N3O4S. The van der Waals surface area contributed by atoms with Crippen LogP contribution in [0.15, 0.2) is 102 Å². The van der Waals surface area contributed by atoms with E-state index in [-0.39, 0.29) is 29.8 Å². The van der Waals surface area contributed by atoms with Crippen molar-refractivity contribution in [1.29, 1.82) is 0 Å². The molecule has 0 heterocycles. The summed E-state index contributed by atoms with van der Waals surface area (Å²) in [5, 5.41) is 3.85. The molecule has 2 atom stereocenters. The van der Waals surface area contributed by atoms with Gasteiger partial charge in [0.15, 0.2) is 0 Å². The fourth-order valence-electron chi connectivity index (χ4n) is 4.95. The van der Waals surface area contributed by atoms with Gasteiger partial charge < -0.3 is 10.2 Å². The lowest BCUT2D eigenvalue weighted by Crippen LogP contribution is -2.54. The average molecular weight is 681 g/mol. The van der Waals surface area contributed by atoms with Crippen LogP contribution < -0.4 is 9.62 Å². The minimum absolute atomic E-state index is 0.00824. The summed E-state index contributed by atoms with van der Waals surface area (Å²) in [6, 6.07) is 26.5. The number of anilines is 1. The van der Waals surface area contributed by atoms with Crippen LogP contribution in [0.3, 0.4) is 0 Å². The molecule has 10 heteroatoms. The number of carbonyl (C=O) groups excluding carboxylic acids is 2. The van der Waals surface area contributed by atoms with Gasteiger partial charge in [0, 0.05) is 29.1 Å². The van der Waals surface area contributed by atoms with Crippen LogP contribution in [0.4, 0.5) is 5.69 Å². The lowest BCUT2D eigenvalue weighted by Gasteiger charge is -2.34. The van der Waals surface area contributed by atoms with Gasteiger partial charge in [-0.05, 0) is 91.9 Å². The summed E-state index contributed by atoms with van der Waals surface area (Å²) >= 11 is 12.6. The first-order chi connectivity index (χ1) is 21.9. The third-order valence-electron chi connectivity index (χ3n) is 8.03. The van der Waals surface area contributed by atoms with Gasteiger partial charge in [0.2, 0.25) is 11.8 Å². The second-order valence-corrected chi connectivity index (χ2v) is 14.1. The molecule has 0 aliphatic carbocycles. The van der Waals surface area contributed by atoms with E-state index < -0.39 is 28.5 Å². The summed E-state index contributed by atoms with van der Waals surface area (Å²) in [5.41, 5.74) is 3.65. The van der Waals surface area contributed by atoms with Gasteiger partial charge in [-0.3, -0.25) is 13.9 Å². The van der Waals surface area contributed by atoms with Crippen LogP contribution in [0, 0.1) is 13.8 Å². The Balaban J connectivity index is 1.83. The summed E-state index contributed by atoms with van der Waals surface area (Å²) in [5.74, 6) is -0.896. The van der Waals surface area contributed by atoms with Crippen molar-refractivity contribution in [1.82, 2.24) is 10.2 Å². The van der Waals surface area contributed by atoms with Crippen LogP contribution in [0.25, 0.3) is 0 Å². The fourth-order valence-corrected chi connectivity index (χ4v) is 6.68. The Labute approximate surface area is 282 Å². The van der Waals surface area contributed by atoms with Crippen LogP contribution in [0.2, 0.25) is 10.0 Å². The maximum absolute atomic E-state index is 14.6. The second kappa shape index (κ2) is 15.6. The zero-order chi connectivity index (χ0) is 33.4. The molecule has 0 saturated carbocycles. The number of sulfonamides is 1. The Morgan fingerprint density at radius 1 is 0.848 bits per heavy atom. The molecule has 0 bridgehead atoms. The Bertz CT molecular complexity index is 1770. The molecule has 1 N–H and O–H groups in total. The molecule has 0 aliphatic rings. The van der Waals surface area contributed by atoms with E-state index in [1.165, 1.54) is 29.2 Å². The highest BCUT2D eigenvalue weighted by molar-refractivity contribution is 7.92. The maximum atomic E-state index is 14.6. The summed E-state index contributed by atoms with van der Waals surface area (Å²) in [6.45, 7) is 7.11. The number of nitrogens with one attached hydrogen (secondary N) is 1. The molecule has 0 radical (unpaired) electrons. The highest BCUT2D eigenvalue weighted by Crippen LogP contribution is 2.28. The van der Waals surface area contributed by atoms with Crippen molar-refractivity contribution in [2.75, 3.05) is 10.8 Å². The van der Waals surface area contributed by atoms with Gasteiger partial charge in [-0.1, -0.05) is 84.7 Å². The molecule has 46 heavy (non-hydrogen) atoms. The molecule has 242 valence electrons. The standard InChI is InChI=1S/C36H39Cl2N3O4S/c1-5-27(4)39-36(43)34(22-28-11-7-6-8-12-28)40(23-29-13-9-10-14-33(29)38)35(42)24-41(31-18-15-25(2)26(3)21-31)46(44,45)32-19-16-30(37)17-20-32/h6-21,27,34H,5,22-24H2,1-4H3,(H,39,43)/t27-,34+/m1/s1. The Morgan fingerprint density at radius 3 is 2.13 bits per heavy atom. The van der Waals surface area contributed by atoms with E-state index in [2.05, 4.69) is 5.32 Å². The lowest BCUT2D eigenvalue weighted by molar-refractivity contribution is -0.140. The maximum Gasteiger partial charge on any atom is 0.264 e. The van der Waals surface area contributed by atoms with Crippen LogP contribution in [-0.4, -0.2) is 43.8 Å². The van der Waals surface area contributed by atoms with E-state index in [4.69, 9.17) is 23.2 Å². The lowest BCUT2D eigenvalue weighted by atomic mass is 10.0. The Morgan fingerprint density at radius 2 is 1.50 bits per heavy atom. The van der Waals surface area contributed by atoms with Crippen LogP contribution in [-0.2, 0) is 32.6 Å². The molecule has 0 aromatic heterocycles. The van der Waals surface area contributed by atoms with Gasteiger partial charge in [-0.25, -0.2) is 8.42 Å². The van der Waals surface area contributed by atoms with Crippen molar-refractivity contribution in [2.45, 2.75) is 64.1 Å². The molecule has 7 nitrogen and oxygen atoms in total. The first-order valence-corrected chi connectivity index (χ1v) is 17.3. The molecule has 0 saturated heterocycles. The smallest absolute Gasteiger partial charge is 0.264 e. The molecule has 4 rings (SSSR count). The van der Waals surface area contributed by atoms with Crippen molar-refractivity contribution in [3.8, 4) is 0 Å². The first-order valence-electron chi connectivity index (χ1n) is 15.1. The van der Waals surface area contributed by atoms with Gasteiger partial charge in [-0.15, -0.1) is 0 Å². The monoisotopic (exact) mass is 679 g/mol. The average Bonchev–Trinajstić information content (AvgIpc) is 3.04. The van der Waals surface area contributed by atoms with E-state index in [0.717, 1.165) is 21.0 Å². The molecule has 0 unspecified atom stereocenters. The molecular weight excluding hydrogens is 641 g/mol. The van der Waals surface area contributed by atoms with E-state index in [9.17, 15) is 18.0 Å². The fraction of sp³-hybridized carbons (Fsp3) is 0.278. The number of amides is 2. The summed E-state index contributed by atoms with van der Waals surface area (Å²) in [4.78, 5) is 30.0. The Kier molecular flexibility index (Phi) is 11.9. The van der Waals surface area contributed by atoms with E-state index in [0.29, 0.717) is 27.7 Å². The quantitative estimate of drug-likeness (QED) is 0.160.